The highest BCUT2D eigenvalue weighted by Gasteiger charge is 2.22. The van der Waals surface area contributed by atoms with E-state index in [0.29, 0.717) is 25.2 Å². The molecule has 5 rings (SSSR count). The van der Waals surface area contributed by atoms with Crippen molar-refractivity contribution in [2.75, 3.05) is 25.6 Å². The molecule has 0 spiro atoms. The molecule has 1 fully saturated rings. The van der Waals surface area contributed by atoms with Crippen LogP contribution < -0.4 is 16.1 Å². The first-order valence-electron chi connectivity index (χ1n) is 14.7. The SMILES string of the molecule is [B]c1cc(CN(C)Cc2cccc(C(=O)NCc3c(CC)nc4c(cnn4CC)c3NC3CCOCC3)c2)ccc1F. The average molecular weight is 569 g/mol. The molecule has 0 atom stereocenters. The highest BCUT2D eigenvalue weighted by Crippen LogP contribution is 2.31. The Labute approximate surface area is 248 Å². The molecule has 10 heteroatoms. The Morgan fingerprint density at radius 1 is 1.14 bits per heavy atom. The normalized spacial score (nSPS) is 14.0. The van der Waals surface area contributed by atoms with Crippen molar-refractivity contribution in [3.8, 4) is 0 Å². The lowest BCUT2D eigenvalue weighted by Crippen LogP contribution is -2.30. The Hall–Kier alpha value is -3.76. The van der Waals surface area contributed by atoms with E-state index in [2.05, 4.69) is 34.5 Å². The molecule has 2 aromatic carbocycles. The Kier molecular flexibility index (Phi) is 9.54. The molecular formula is C32H38BFN6O2. The number of aryl methyl sites for hydroxylation is 2. The minimum absolute atomic E-state index is 0.144. The fourth-order valence-electron chi connectivity index (χ4n) is 5.55. The van der Waals surface area contributed by atoms with Gasteiger partial charge in [0.1, 0.15) is 13.7 Å². The van der Waals surface area contributed by atoms with Crippen molar-refractivity contribution in [3.63, 3.8) is 0 Å². The van der Waals surface area contributed by atoms with E-state index in [9.17, 15) is 9.18 Å². The Morgan fingerprint density at radius 3 is 2.62 bits per heavy atom. The summed E-state index contributed by atoms with van der Waals surface area (Å²) >= 11 is 0. The van der Waals surface area contributed by atoms with Crippen LogP contribution in [0.1, 0.15) is 59.4 Å². The Balaban J connectivity index is 1.32. The molecular weight excluding hydrogens is 530 g/mol. The molecule has 2 aromatic heterocycles. The summed E-state index contributed by atoms with van der Waals surface area (Å²) in [5, 5.41) is 12.5. The van der Waals surface area contributed by atoms with Gasteiger partial charge in [0.25, 0.3) is 5.91 Å². The summed E-state index contributed by atoms with van der Waals surface area (Å²) in [5.74, 6) is -0.557. The minimum atomic E-state index is -0.413. The summed E-state index contributed by atoms with van der Waals surface area (Å²) in [5.41, 5.74) is 6.48. The maximum Gasteiger partial charge on any atom is 0.251 e. The molecule has 1 aliphatic rings. The van der Waals surface area contributed by atoms with Gasteiger partial charge in [-0.15, -0.1) is 0 Å². The predicted octanol–water partition coefficient (Wildman–Crippen LogP) is 4.10. The van der Waals surface area contributed by atoms with Gasteiger partial charge in [-0.3, -0.25) is 9.69 Å². The Bertz CT molecular complexity index is 1550. The van der Waals surface area contributed by atoms with Crippen molar-refractivity contribution in [1.29, 1.82) is 0 Å². The van der Waals surface area contributed by atoms with Gasteiger partial charge in [-0.05, 0) is 62.6 Å². The summed E-state index contributed by atoms with van der Waals surface area (Å²) < 4.78 is 21.0. The summed E-state index contributed by atoms with van der Waals surface area (Å²) in [7, 11) is 7.71. The Morgan fingerprint density at radius 2 is 1.90 bits per heavy atom. The van der Waals surface area contributed by atoms with E-state index in [1.165, 1.54) is 6.07 Å². The number of aromatic nitrogens is 3. The number of hydrogen-bond donors (Lipinski definition) is 2. The lowest BCUT2D eigenvalue weighted by Gasteiger charge is -2.26. The standard InChI is InChI=1S/C32H38BFN6O2/c1-4-29-25(30(37-24-11-13-42-14-12-24)26-18-36-40(5-2)31(26)38-29)17-35-32(41)23-8-6-7-21(15-23)19-39(3)20-22-9-10-28(34)27(33)16-22/h6-10,15-16,18,24H,4-5,11-14,17,19-20H2,1-3H3,(H,35,41)(H,37,38). The number of anilines is 1. The van der Waals surface area contributed by atoms with E-state index in [4.69, 9.17) is 17.6 Å². The van der Waals surface area contributed by atoms with Gasteiger partial charge < -0.3 is 15.4 Å². The van der Waals surface area contributed by atoms with Crippen LogP contribution in [0.4, 0.5) is 10.1 Å². The van der Waals surface area contributed by atoms with Gasteiger partial charge in [0.2, 0.25) is 0 Å². The average Bonchev–Trinajstić information content (AvgIpc) is 3.41. The molecule has 0 bridgehead atoms. The minimum Gasteiger partial charge on any atom is -0.381 e. The molecule has 8 nitrogen and oxygen atoms in total. The van der Waals surface area contributed by atoms with Gasteiger partial charge >= 0.3 is 0 Å². The molecule has 3 heterocycles. The summed E-state index contributed by atoms with van der Waals surface area (Å²) in [6.07, 6.45) is 4.46. The van der Waals surface area contributed by atoms with E-state index in [1.807, 2.05) is 42.2 Å². The van der Waals surface area contributed by atoms with Crippen molar-refractivity contribution >= 4 is 35.9 Å². The van der Waals surface area contributed by atoms with Gasteiger partial charge in [0, 0.05) is 62.3 Å². The molecule has 2 N–H and O–H groups in total. The summed E-state index contributed by atoms with van der Waals surface area (Å²) in [4.78, 5) is 20.5. The van der Waals surface area contributed by atoms with Crippen LogP contribution in [0.2, 0.25) is 0 Å². The fourth-order valence-corrected chi connectivity index (χ4v) is 5.55. The van der Waals surface area contributed by atoms with Gasteiger partial charge in [0.15, 0.2) is 5.65 Å². The van der Waals surface area contributed by atoms with Gasteiger partial charge in [0.05, 0.1) is 17.3 Å². The van der Waals surface area contributed by atoms with E-state index in [0.717, 1.165) is 78.1 Å². The third-order valence-electron chi connectivity index (χ3n) is 7.76. The highest BCUT2D eigenvalue weighted by atomic mass is 19.1. The number of nitrogens with zero attached hydrogens (tertiary/aromatic N) is 4. The lowest BCUT2D eigenvalue weighted by atomic mass is 9.93. The molecule has 0 aliphatic carbocycles. The topological polar surface area (TPSA) is 84.3 Å². The van der Waals surface area contributed by atoms with E-state index < -0.39 is 5.82 Å². The molecule has 0 unspecified atom stereocenters. The predicted molar refractivity (Wildman–Crippen MR) is 165 cm³/mol. The smallest absolute Gasteiger partial charge is 0.251 e. The second-order valence-corrected chi connectivity index (χ2v) is 10.9. The number of halogens is 1. The van der Waals surface area contributed by atoms with Crippen molar-refractivity contribution in [2.45, 2.75) is 65.3 Å². The first-order chi connectivity index (χ1) is 20.4. The zero-order valence-electron chi connectivity index (χ0n) is 24.6. The summed E-state index contributed by atoms with van der Waals surface area (Å²) in [6.45, 7) is 7.92. The fraction of sp³-hybridized carbons (Fsp3) is 0.406. The second-order valence-electron chi connectivity index (χ2n) is 10.9. The number of hydrogen-bond acceptors (Lipinski definition) is 6. The largest absolute Gasteiger partial charge is 0.381 e. The van der Waals surface area contributed by atoms with Crippen LogP contribution >= 0.6 is 0 Å². The number of fused-ring (bicyclic) bond motifs is 1. The number of nitrogens with one attached hydrogen (secondary N) is 2. The maximum atomic E-state index is 13.5. The number of pyridine rings is 1. The molecule has 1 saturated heterocycles. The van der Waals surface area contributed by atoms with Crippen molar-refractivity contribution in [1.82, 2.24) is 25.0 Å². The van der Waals surface area contributed by atoms with Crippen LogP contribution in [-0.4, -0.2) is 59.7 Å². The lowest BCUT2D eigenvalue weighted by molar-refractivity contribution is 0.0904. The van der Waals surface area contributed by atoms with Gasteiger partial charge in [-0.1, -0.05) is 36.7 Å². The zero-order chi connectivity index (χ0) is 29.6. The van der Waals surface area contributed by atoms with Crippen LogP contribution in [0.3, 0.4) is 0 Å². The van der Waals surface area contributed by atoms with E-state index in [1.54, 1.807) is 12.1 Å². The van der Waals surface area contributed by atoms with Crippen LogP contribution in [-0.2, 0) is 37.3 Å². The number of rotatable bonds is 11. The summed E-state index contributed by atoms with van der Waals surface area (Å²) in [6, 6.07) is 12.7. The quantitative estimate of drug-likeness (QED) is 0.265. The first-order valence-corrected chi connectivity index (χ1v) is 14.7. The van der Waals surface area contributed by atoms with Crippen LogP contribution in [0.25, 0.3) is 11.0 Å². The monoisotopic (exact) mass is 568 g/mol. The third-order valence-corrected chi connectivity index (χ3v) is 7.76. The molecule has 1 aliphatic heterocycles. The highest BCUT2D eigenvalue weighted by molar-refractivity contribution is 6.32. The van der Waals surface area contributed by atoms with Crippen molar-refractivity contribution < 1.29 is 13.9 Å². The van der Waals surface area contributed by atoms with Crippen molar-refractivity contribution in [2.24, 2.45) is 0 Å². The molecule has 218 valence electrons. The van der Waals surface area contributed by atoms with Gasteiger partial charge in [-0.2, -0.15) is 5.10 Å². The molecule has 1 amide bonds. The van der Waals surface area contributed by atoms with Gasteiger partial charge in [-0.25, -0.2) is 14.1 Å². The molecule has 2 radical (unpaired) electrons. The number of carbonyl (C=O) groups is 1. The number of carbonyl (C=O) groups excluding carboxylic acids is 1. The van der Waals surface area contributed by atoms with Crippen LogP contribution in [0.5, 0.6) is 0 Å². The first kappa shape index (κ1) is 29.7. The number of benzene rings is 2. The van der Waals surface area contributed by atoms with Crippen molar-refractivity contribution in [3.05, 3.63) is 82.4 Å². The van der Waals surface area contributed by atoms with Crippen LogP contribution in [0, 0.1) is 5.82 Å². The molecule has 42 heavy (non-hydrogen) atoms. The molecule has 0 saturated carbocycles. The molecule has 4 aromatic rings. The number of ether oxygens (including phenoxy) is 1. The maximum absolute atomic E-state index is 13.5. The third kappa shape index (κ3) is 6.82. The second kappa shape index (κ2) is 13.5. The van der Waals surface area contributed by atoms with E-state index >= 15 is 0 Å². The van der Waals surface area contributed by atoms with E-state index in [-0.39, 0.29) is 17.4 Å². The van der Waals surface area contributed by atoms with Crippen LogP contribution in [0.15, 0.2) is 48.7 Å². The zero-order valence-corrected chi connectivity index (χ0v) is 24.6. The number of amides is 1.